The van der Waals surface area contributed by atoms with E-state index in [0.29, 0.717) is 24.1 Å². The number of allylic oxidation sites excluding steroid dienone is 1. The summed E-state index contributed by atoms with van der Waals surface area (Å²) < 4.78 is 1.47. The van der Waals surface area contributed by atoms with E-state index in [2.05, 4.69) is 34.1 Å². The van der Waals surface area contributed by atoms with Gasteiger partial charge in [-0.2, -0.15) is 0 Å². The number of hydrogen-bond acceptors (Lipinski definition) is 5. The van der Waals surface area contributed by atoms with Gasteiger partial charge in [0.1, 0.15) is 11.0 Å². The van der Waals surface area contributed by atoms with Crippen molar-refractivity contribution in [3.8, 4) is 11.1 Å². The van der Waals surface area contributed by atoms with Gasteiger partial charge in [-0.3, -0.25) is 14.6 Å². The number of nitrogens with zero attached hydrogens (tertiary/aromatic N) is 3. The zero-order valence-electron chi connectivity index (χ0n) is 20.0. The van der Waals surface area contributed by atoms with Crippen molar-refractivity contribution in [3.05, 3.63) is 58.4 Å². The molecule has 184 valence electrons. The molecule has 3 aromatic heterocycles. The molecule has 2 unspecified atom stereocenters. The number of aromatic nitrogens is 4. The van der Waals surface area contributed by atoms with E-state index in [4.69, 9.17) is 11.6 Å². The smallest absolute Gasteiger partial charge is 0.275 e. The summed E-state index contributed by atoms with van der Waals surface area (Å²) in [6, 6.07) is 3.85. The highest BCUT2D eigenvalue weighted by atomic mass is 35.5. The Morgan fingerprint density at radius 2 is 2.11 bits per heavy atom. The maximum absolute atomic E-state index is 13.1. The van der Waals surface area contributed by atoms with E-state index in [1.54, 1.807) is 24.2 Å². The Kier molecular flexibility index (Phi) is 6.53. The van der Waals surface area contributed by atoms with Gasteiger partial charge in [-0.15, -0.1) is 23.4 Å². The monoisotopic (exact) mass is 511 g/mol. The summed E-state index contributed by atoms with van der Waals surface area (Å²) >= 11 is 8.48. The number of halogens is 1. The molecule has 5 rings (SSSR count). The third-order valence-corrected chi connectivity index (χ3v) is 9.42. The van der Waals surface area contributed by atoms with Gasteiger partial charge in [0.25, 0.3) is 5.56 Å². The minimum Gasteiger partial charge on any atom is -0.354 e. The minimum atomic E-state index is -0.529. The van der Waals surface area contributed by atoms with Crippen molar-refractivity contribution in [2.75, 3.05) is 6.54 Å². The van der Waals surface area contributed by atoms with Crippen LogP contribution in [-0.4, -0.2) is 37.3 Å². The molecule has 1 aliphatic carbocycles. The number of fused-ring (bicyclic) bond motifs is 1. The van der Waals surface area contributed by atoms with Crippen molar-refractivity contribution in [1.82, 2.24) is 24.8 Å². The Labute approximate surface area is 213 Å². The van der Waals surface area contributed by atoms with Crippen LogP contribution in [0.4, 0.5) is 0 Å². The first kappa shape index (κ1) is 24.1. The summed E-state index contributed by atoms with van der Waals surface area (Å²) in [5, 5.41) is 4.89. The van der Waals surface area contributed by atoms with E-state index in [0.717, 1.165) is 42.5 Å². The van der Waals surface area contributed by atoms with Crippen molar-refractivity contribution in [2.24, 2.45) is 5.41 Å². The normalized spacial score (nSPS) is 23.6. The molecule has 0 aromatic carbocycles. The Hall–Kier alpha value is -2.58. The number of hydrogen-bond donors (Lipinski definition) is 2. The van der Waals surface area contributed by atoms with Crippen LogP contribution in [0.25, 0.3) is 22.2 Å². The maximum atomic E-state index is 13.1. The first-order chi connectivity index (χ1) is 16.8. The number of aromatic amines is 1. The summed E-state index contributed by atoms with van der Waals surface area (Å²) in [5.41, 5.74) is 3.20. The van der Waals surface area contributed by atoms with Crippen LogP contribution < -0.4 is 10.9 Å². The Bertz CT molecular complexity index is 1330. The molecular formula is C26H30ClN5O2S. The third-order valence-electron chi connectivity index (χ3n) is 7.48. The lowest BCUT2D eigenvalue weighted by atomic mass is 9.75. The molecule has 4 heterocycles. The number of pyridine rings is 1. The molecule has 0 spiro atoms. The number of H-pyrrole nitrogens is 1. The first-order valence-corrected chi connectivity index (χ1v) is 13.4. The van der Waals surface area contributed by atoms with Crippen LogP contribution in [0.2, 0.25) is 0 Å². The van der Waals surface area contributed by atoms with Crippen LogP contribution in [0.15, 0.2) is 47.1 Å². The number of carbonyl (C=O) groups excluding carboxylic acids is 1. The molecule has 1 saturated carbocycles. The van der Waals surface area contributed by atoms with Gasteiger partial charge in [-0.25, -0.2) is 4.98 Å². The number of alkyl halides is 1. The molecule has 0 bridgehead atoms. The summed E-state index contributed by atoms with van der Waals surface area (Å²) in [6.45, 7) is 5.00. The number of rotatable bonds is 6. The van der Waals surface area contributed by atoms with Gasteiger partial charge in [0.05, 0.1) is 16.5 Å². The summed E-state index contributed by atoms with van der Waals surface area (Å²) in [7, 11) is 0. The van der Waals surface area contributed by atoms with Crippen molar-refractivity contribution in [2.45, 2.75) is 62.6 Å². The van der Waals surface area contributed by atoms with Gasteiger partial charge in [0.15, 0.2) is 0 Å². The van der Waals surface area contributed by atoms with Crippen molar-refractivity contribution < 1.29 is 4.79 Å². The van der Waals surface area contributed by atoms with Crippen LogP contribution >= 0.6 is 23.4 Å². The predicted molar refractivity (Wildman–Crippen MR) is 142 cm³/mol. The van der Waals surface area contributed by atoms with E-state index in [-0.39, 0.29) is 22.3 Å². The maximum Gasteiger partial charge on any atom is 0.275 e. The van der Waals surface area contributed by atoms with Gasteiger partial charge in [0.2, 0.25) is 5.91 Å². The highest BCUT2D eigenvalue weighted by molar-refractivity contribution is 8.03. The fourth-order valence-corrected chi connectivity index (χ4v) is 6.91. The molecule has 1 aliphatic heterocycles. The predicted octanol–water partition coefficient (Wildman–Crippen LogP) is 4.96. The van der Waals surface area contributed by atoms with Crippen LogP contribution in [0.3, 0.4) is 0 Å². The van der Waals surface area contributed by atoms with Crippen molar-refractivity contribution in [3.63, 3.8) is 0 Å². The molecule has 1 amide bonds. The average molecular weight is 512 g/mol. The molecule has 1 fully saturated rings. The fraction of sp³-hybridized carbons (Fsp3) is 0.462. The SMILES string of the molecule is CC1(C(=O)NCCn2c(C3(C)SC=CC3Cl)c(-c3cccnc3)c3nc[nH]c(=O)c32)CCCCC1. The van der Waals surface area contributed by atoms with Crippen LogP contribution in [-0.2, 0) is 16.1 Å². The van der Waals surface area contributed by atoms with E-state index in [1.165, 1.54) is 12.7 Å². The third kappa shape index (κ3) is 4.20. The molecule has 2 N–H and O–H groups in total. The second-order valence-corrected chi connectivity index (χ2v) is 11.7. The molecular weight excluding hydrogens is 482 g/mol. The lowest BCUT2D eigenvalue weighted by Gasteiger charge is -2.32. The van der Waals surface area contributed by atoms with Gasteiger partial charge in [-0.1, -0.05) is 38.3 Å². The fourth-order valence-electron chi connectivity index (χ4n) is 5.45. The van der Waals surface area contributed by atoms with Gasteiger partial charge in [0, 0.05) is 47.7 Å². The lowest BCUT2D eigenvalue weighted by Crippen LogP contribution is -2.41. The quantitative estimate of drug-likeness (QED) is 0.456. The second kappa shape index (κ2) is 9.47. The van der Waals surface area contributed by atoms with Crippen LogP contribution in [0.1, 0.15) is 51.6 Å². The molecule has 35 heavy (non-hydrogen) atoms. The highest BCUT2D eigenvalue weighted by Gasteiger charge is 2.43. The number of nitrogens with one attached hydrogen (secondary N) is 2. The number of amides is 1. The lowest BCUT2D eigenvalue weighted by molar-refractivity contribution is -0.131. The van der Waals surface area contributed by atoms with Crippen LogP contribution in [0.5, 0.6) is 0 Å². The Morgan fingerprint density at radius 1 is 1.31 bits per heavy atom. The Morgan fingerprint density at radius 3 is 2.80 bits per heavy atom. The Balaban J connectivity index is 1.59. The zero-order valence-corrected chi connectivity index (χ0v) is 21.6. The van der Waals surface area contributed by atoms with Crippen molar-refractivity contribution in [1.29, 1.82) is 0 Å². The van der Waals surface area contributed by atoms with E-state index in [9.17, 15) is 9.59 Å². The van der Waals surface area contributed by atoms with Gasteiger partial charge in [-0.05, 0) is 31.2 Å². The first-order valence-electron chi connectivity index (χ1n) is 12.1. The second-order valence-electron chi connectivity index (χ2n) is 9.88. The zero-order chi connectivity index (χ0) is 24.6. The highest BCUT2D eigenvalue weighted by Crippen LogP contribution is 2.52. The summed E-state index contributed by atoms with van der Waals surface area (Å²) in [6.07, 6.45) is 12.1. The van der Waals surface area contributed by atoms with Crippen molar-refractivity contribution >= 4 is 40.3 Å². The molecule has 7 nitrogen and oxygen atoms in total. The average Bonchev–Trinajstić information content (AvgIpc) is 3.38. The standard InChI is InChI=1S/C26H30ClN5O2S/c1-25(9-4-3-5-10-25)24(34)29-12-13-32-21-20(30-16-31-23(21)33)19(17-7-6-11-28-15-17)22(32)26(2)18(27)8-14-35-26/h6-8,11,14-16,18H,3-5,9-10,12-13H2,1-2H3,(H,29,34)(H,30,31,33). The molecule has 3 aromatic rings. The molecule has 2 atom stereocenters. The van der Waals surface area contributed by atoms with Gasteiger partial charge < -0.3 is 14.9 Å². The number of thioether (sulfide) groups is 1. The largest absolute Gasteiger partial charge is 0.354 e. The topological polar surface area (TPSA) is 92.7 Å². The number of carbonyl (C=O) groups is 1. The van der Waals surface area contributed by atoms with Gasteiger partial charge >= 0.3 is 0 Å². The summed E-state index contributed by atoms with van der Waals surface area (Å²) in [5.74, 6) is 0.0908. The minimum absolute atomic E-state index is 0.0908. The van der Waals surface area contributed by atoms with E-state index < -0.39 is 4.75 Å². The molecule has 0 radical (unpaired) electrons. The summed E-state index contributed by atoms with van der Waals surface area (Å²) in [4.78, 5) is 37.8. The van der Waals surface area contributed by atoms with E-state index in [1.807, 2.05) is 28.2 Å². The molecule has 9 heteroatoms. The molecule has 2 aliphatic rings. The van der Waals surface area contributed by atoms with Crippen LogP contribution in [0, 0.1) is 5.41 Å². The molecule has 0 saturated heterocycles. The van der Waals surface area contributed by atoms with E-state index >= 15 is 0 Å².